The van der Waals surface area contributed by atoms with Gasteiger partial charge < -0.3 is 10.5 Å². The van der Waals surface area contributed by atoms with Crippen LogP contribution in [0.2, 0.25) is 0 Å². The van der Waals surface area contributed by atoms with Crippen molar-refractivity contribution in [3.05, 3.63) is 0 Å². The molecule has 19 heavy (non-hydrogen) atoms. The van der Waals surface area contributed by atoms with Gasteiger partial charge >= 0.3 is 5.97 Å². The Hall–Kier alpha value is -0.610. The van der Waals surface area contributed by atoms with Crippen LogP contribution in [-0.4, -0.2) is 42.1 Å². The Morgan fingerprint density at radius 3 is 2.63 bits per heavy atom. The highest BCUT2D eigenvalue weighted by molar-refractivity contribution is 5.80. The second-order valence-corrected chi connectivity index (χ2v) is 6.36. The second kappa shape index (κ2) is 6.23. The third kappa shape index (κ3) is 3.48. The number of nitrogens with zero attached hydrogens (tertiary/aromatic N) is 1. The third-order valence-electron chi connectivity index (χ3n) is 4.63. The molecule has 0 amide bonds. The van der Waals surface area contributed by atoms with Crippen LogP contribution in [0, 0.1) is 5.92 Å². The lowest BCUT2D eigenvalue weighted by atomic mass is 9.94. The molecule has 4 nitrogen and oxygen atoms in total. The number of likely N-dealkylation sites (tertiary alicyclic amines) is 1. The summed E-state index contributed by atoms with van der Waals surface area (Å²) >= 11 is 0. The molecule has 1 aliphatic carbocycles. The van der Waals surface area contributed by atoms with Crippen molar-refractivity contribution in [3.8, 4) is 0 Å². The van der Waals surface area contributed by atoms with E-state index in [1.54, 1.807) is 6.92 Å². The lowest BCUT2D eigenvalue weighted by Crippen LogP contribution is -2.56. The highest BCUT2D eigenvalue weighted by Crippen LogP contribution is 2.35. The first-order valence-corrected chi connectivity index (χ1v) is 7.74. The van der Waals surface area contributed by atoms with Gasteiger partial charge in [0.2, 0.25) is 0 Å². The Balaban J connectivity index is 1.94. The van der Waals surface area contributed by atoms with Crippen molar-refractivity contribution in [2.75, 3.05) is 19.7 Å². The summed E-state index contributed by atoms with van der Waals surface area (Å²) in [6.07, 6.45) is 7.94. The van der Waals surface area contributed by atoms with Crippen molar-refractivity contribution in [3.63, 3.8) is 0 Å². The standard InChI is InChI=1S/C15H28N2O2/c1-3-19-14(18)15(2,16)11-17-10-6-9-13(17)12-7-4-5-8-12/h12-13H,3-11,16H2,1-2H3. The molecule has 1 heterocycles. The molecule has 2 unspecified atom stereocenters. The van der Waals surface area contributed by atoms with Crippen molar-refractivity contribution in [2.45, 2.75) is 64.0 Å². The maximum absolute atomic E-state index is 11.9. The zero-order valence-corrected chi connectivity index (χ0v) is 12.4. The minimum Gasteiger partial charge on any atom is -0.465 e. The van der Waals surface area contributed by atoms with Gasteiger partial charge in [0.1, 0.15) is 5.54 Å². The number of rotatable bonds is 5. The van der Waals surface area contributed by atoms with E-state index in [-0.39, 0.29) is 5.97 Å². The van der Waals surface area contributed by atoms with Crippen molar-refractivity contribution in [1.82, 2.24) is 4.90 Å². The van der Waals surface area contributed by atoms with E-state index < -0.39 is 5.54 Å². The van der Waals surface area contributed by atoms with E-state index in [0.717, 1.165) is 12.5 Å². The average Bonchev–Trinajstić information content (AvgIpc) is 2.98. The van der Waals surface area contributed by atoms with Gasteiger partial charge in [0.25, 0.3) is 0 Å². The molecule has 0 aromatic rings. The van der Waals surface area contributed by atoms with Crippen LogP contribution < -0.4 is 5.73 Å². The largest absolute Gasteiger partial charge is 0.465 e. The maximum Gasteiger partial charge on any atom is 0.327 e. The van der Waals surface area contributed by atoms with E-state index in [1.807, 2.05) is 6.92 Å². The molecule has 0 spiro atoms. The van der Waals surface area contributed by atoms with E-state index >= 15 is 0 Å². The molecule has 1 aliphatic heterocycles. The van der Waals surface area contributed by atoms with E-state index in [2.05, 4.69) is 4.90 Å². The van der Waals surface area contributed by atoms with Crippen molar-refractivity contribution in [2.24, 2.45) is 11.7 Å². The molecule has 1 saturated heterocycles. The summed E-state index contributed by atoms with van der Waals surface area (Å²) < 4.78 is 5.09. The van der Waals surface area contributed by atoms with Crippen LogP contribution in [0.3, 0.4) is 0 Å². The molecule has 0 radical (unpaired) electrons. The summed E-state index contributed by atoms with van der Waals surface area (Å²) in [5.41, 5.74) is 5.29. The molecule has 2 atom stereocenters. The van der Waals surface area contributed by atoms with Crippen molar-refractivity contribution < 1.29 is 9.53 Å². The van der Waals surface area contributed by atoms with Gasteiger partial charge in [-0.25, -0.2) is 0 Å². The Bertz CT molecular complexity index is 311. The number of esters is 1. The zero-order chi connectivity index (χ0) is 13.9. The highest BCUT2D eigenvalue weighted by Gasteiger charge is 2.39. The Kier molecular flexibility index (Phi) is 4.85. The fourth-order valence-corrected chi connectivity index (χ4v) is 3.71. The highest BCUT2D eigenvalue weighted by atomic mass is 16.5. The number of hydrogen-bond donors (Lipinski definition) is 1. The van der Waals surface area contributed by atoms with Crippen LogP contribution in [0.15, 0.2) is 0 Å². The molecule has 0 aromatic carbocycles. The number of hydrogen-bond acceptors (Lipinski definition) is 4. The molecular formula is C15H28N2O2. The van der Waals surface area contributed by atoms with Gasteiger partial charge in [-0.1, -0.05) is 12.8 Å². The van der Waals surface area contributed by atoms with E-state index in [1.165, 1.54) is 38.5 Å². The first kappa shape index (κ1) is 14.8. The molecule has 2 rings (SSSR count). The van der Waals surface area contributed by atoms with E-state index in [9.17, 15) is 4.79 Å². The van der Waals surface area contributed by atoms with Crippen LogP contribution in [0.25, 0.3) is 0 Å². The number of carbonyl (C=O) groups excluding carboxylic acids is 1. The summed E-state index contributed by atoms with van der Waals surface area (Å²) in [7, 11) is 0. The minimum atomic E-state index is -0.878. The number of nitrogens with two attached hydrogens (primary N) is 1. The van der Waals surface area contributed by atoms with Gasteiger partial charge in [0, 0.05) is 12.6 Å². The van der Waals surface area contributed by atoms with Gasteiger partial charge in [-0.15, -0.1) is 0 Å². The number of carbonyl (C=O) groups is 1. The van der Waals surface area contributed by atoms with Crippen molar-refractivity contribution in [1.29, 1.82) is 0 Å². The third-order valence-corrected chi connectivity index (χ3v) is 4.63. The lowest BCUT2D eigenvalue weighted by Gasteiger charge is -2.34. The van der Waals surface area contributed by atoms with Crippen LogP contribution in [-0.2, 0) is 9.53 Å². The SMILES string of the molecule is CCOC(=O)C(C)(N)CN1CCCC1C1CCCC1. The predicted octanol–water partition coefficient (Wildman–Crippen LogP) is 1.92. The first-order valence-electron chi connectivity index (χ1n) is 7.74. The molecule has 4 heteroatoms. The van der Waals surface area contributed by atoms with Gasteiger partial charge in [-0.3, -0.25) is 9.69 Å². The molecule has 2 aliphatic rings. The predicted molar refractivity (Wildman–Crippen MR) is 75.8 cm³/mol. The average molecular weight is 268 g/mol. The molecule has 2 N–H and O–H groups in total. The van der Waals surface area contributed by atoms with Gasteiger partial charge in [-0.05, 0) is 52.0 Å². The van der Waals surface area contributed by atoms with Crippen LogP contribution in [0.5, 0.6) is 0 Å². The summed E-state index contributed by atoms with van der Waals surface area (Å²) in [6, 6.07) is 0.639. The fraction of sp³-hybridized carbons (Fsp3) is 0.933. The van der Waals surface area contributed by atoms with Crippen molar-refractivity contribution >= 4 is 5.97 Å². The maximum atomic E-state index is 11.9. The topological polar surface area (TPSA) is 55.6 Å². The molecule has 0 aromatic heterocycles. The summed E-state index contributed by atoms with van der Waals surface area (Å²) in [5, 5.41) is 0. The molecule has 110 valence electrons. The normalized spacial score (nSPS) is 28.5. The fourth-order valence-electron chi connectivity index (χ4n) is 3.71. The molecule has 1 saturated carbocycles. The Morgan fingerprint density at radius 1 is 1.32 bits per heavy atom. The Labute approximate surface area is 116 Å². The van der Waals surface area contributed by atoms with Crippen LogP contribution >= 0.6 is 0 Å². The summed E-state index contributed by atoms with van der Waals surface area (Å²) in [5.74, 6) is 0.549. The summed E-state index contributed by atoms with van der Waals surface area (Å²) in [4.78, 5) is 14.3. The quantitative estimate of drug-likeness (QED) is 0.774. The molecular weight excluding hydrogens is 240 g/mol. The molecule has 0 bridgehead atoms. The van der Waals surface area contributed by atoms with E-state index in [0.29, 0.717) is 19.2 Å². The smallest absolute Gasteiger partial charge is 0.327 e. The van der Waals surface area contributed by atoms with Gasteiger partial charge in [0.15, 0.2) is 0 Å². The Morgan fingerprint density at radius 2 is 2.00 bits per heavy atom. The zero-order valence-electron chi connectivity index (χ0n) is 12.4. The minimum absolute atomic E-state index is 0.271. The molecule has 2 fully saturated rings. The second-order valence-electron chi connectivity index (χ2n) is 6.36. The monoisotopic (exact) mass is 268 g/mol. The summed E-state index contributed by atoms with van der Waals surface area (Å²) in [6.45, 7) is 5.73. The van der Waals surface area contributed by atoms with Crippen LogP contribution in [0.4, 0.5) is 0 Å². The first-order chi connectivity index (χ1) is 9.04. The lowest BCUT2D eigenvalue weighted by molar-refractivity contribution is -0.149. The van der Waals surface area contributed by atoms with Gasteiger partial charge in [-0.2, -0.15) is 0 Å². The van der Waals surface area contributed by atoms with Crippen LogP contribution in [0.1, 0.15) is 52.4 Å². The van der Waals surface area contributed by atoms with E-state index in [4.69, 9.17) is 10.5 Å². The number of ether oxygens (including phenoxy) is 1. The van der Waals surface area contributed by atoms with Gasteiger partial charge in [0.05, 0.1) is 6.61 Å².